The standard InChI is InChI=1S/C12H17N5OS/c1-19-6-4-8(7-18)15-11-10-9(3-2-5-14-10)16-12(13)17-11/h2-3,5,8,18H,4,6-7H2,1H3,(H3,13,15,16,17). The summed E-state index contributed by atoms with van der Waals surface area (Å²) in [7, 11) is 0. The molecule has 6 nitrogen and oxygen atoms in total. The molecule has 1 unspecified atom stereocenters. The van der Waals surface area contributed by atoms with Crippen LogP contribution in [-0.4, -0.2) is 44.7 Å². The molecule has 0 radical (unpaired) electrons. The Kier molecular flexibility index (Phi) is 4.75. The maximum absolute atomic E-state index is 9.39. The molecule has 19 heavy (non-hydrogen) atoms. The molecule has 2 aromatic rings. The molecule has 1 atom stereocenters. The number of nitrogens with zero attached hydrogens (tertiary/aromatic N) is 3. The number of aliphatic hydroxyl groups is 1. The summed E-state index contributed by atoms with van der Waals surface area (Å²) < 4.78 is 0. The Morgan fingerprint density at radius 3 is 3.05 bits per heavy atom. The second kappa shape index (κ2) is 6.53. The van der Waals surface area contributed by atoms with Gasteiger partial charge in [-0.1, -0.05) is 0 Å². The van der Waals surface area contributed by atoms with Crippen molar-refractivity contribution in [3.8, 4) is 0 Å². The molecule has 0 aromatic carbocycles. The predicted octanol–water partition coefficient (Wildman–Crippen LogP) is 1.13. The quantitative estimate of drug-likeness (QED) is 0.729. The minimum absolute atomic E-state index is 0.0405. The van der Waals surface area contributed by atoms with Crippen LogP contribution in [0.25, 0.3) is 11.0 Å². The lowest BCUT2D eigenvalue weighted by molar-refractivity contribution is 0.272. The first-order valence-corrected chi connectivity index (χ1v) is 7.38. The zero-order valence-corrected chi connectivity index (χ0v) is 11.5. The van der Waals surface area contributed by atoms with E-state index < -0.39 is 0 Å². The van der Waals surface area contributed by atoms with Crippen molar-refractivity contribution in [3.05, 3.63) is 18.3 Å². The first-order valence-electron chi connectivity index (χ1n) is 5.99. The Balaban J connectivity index is 2.28. The number of rotatable bonds is 6. The smallest absolute Gasteiger partial charge is 0.222 e. The lowest BCUT2D eigenvalue weighted by Gasteiger charge is -2.17. The maximum atomic E-state index is 9.39. The number of pyridine rings is 1. The molecule has 0 saturated carbocycles. The highest BCUT2D eigenvalue weighted by atomic mass is 32.2. The first kappa shape index (κ1) is 13.8. The number of nitrogen functional groups attached to an aromatic ring is 1. The van der Waals surface area contributed by atoms with Crippen LogP contribution in [0.3, 0.4) is 0 Å². The lowest BCUT2D eigenvalue weighted by Crippen LogP contribution is -2.25. The number of hydrogen-bond acceptors (Lipinski definition) is 7. The second-order valence-corrected chi connectivity index (χ2v) is 5.09. The molecule has 0 saturated heterocycles. The van der Waals surface area contributed by atoms with Crippen LogP contribution in [0, 0.1) is 0 Å². The number of hydrogen-bond donors (Lipinski definition) is 3. The minimum atomic E-state index is -0.0630. The summed E-state index contributed by atoms with van der Waals surface area (Å²) in [6.07, 6.45) is 4.56. The summed E-state index contributed by atoms with van der Waals surface area (Å²) in [5, 5.41) is 12.6. The van der Waals surface area contributed by atoms with E-state index in [-0.39, 0.29) is 18.6 Å². The van der Waals surface area contributed by atoms with E-state index in [0.717, 1.165) is 12.2 Å². The molecule has 0 fully saturated rings. The van der Waals surface area contributed by atoms with Gasteiger partial charge in [0.1, 0.15) is 5.52 Å². The molecule has 4 N–H and O–H groups in total. The van der Waals surface area contributed by atoms with Crippen LogP contribution >= 0.6 is 11.8 Å². The molecule has 2 heterocycles. The van der Waals surface area contributed by atoms with Crippen molar-refractivity contribution in [2.45, 2.75) is 12.5 Å². The molecule has 0 aliphatic heterocycles. The lowest BCUT2D eigenvalue weighted by atomic mass is 10.2. The van der Waals surface area contributed by atoms with Crippen LogP contribution in [-0.2, 0) is 0 Å². The van der Waals surface area contributed by atoms with E-state index >= 15 is 0 Å². The van der Waals surface area contributed by atoms with Gasteiger partial charge >= 0.3 is 0 Å². The zero-order chi connectivity index (χ0) is 13.7. The minimum Gasteiger partial charge on any atom is -0.394 e. The number of anilines is 2. The number of thioether (sulfide) groups is 1. The SMILES string of the molecule is CSCCC(CO)Nc1nc(N)nc2cccnc12. The monoisotopic (exact) mass is 279 g/mol. The molecule has 102 valence electrons. The van der Waals surface area contributed by atoms with Crippen LogP contribution in [0.5, 0.6) is 0 Å². The third-order valence-electron chi connectivity index (χ3n) is 2.70. The number of aromatic nitrogens is 3. The van der Waals surface area contributed by atoms with Gasteiger partial charge in [0.2, 0.25) is 5.95 Å². The van der Waals surface area contributed by atoms with Crippen LogP contribution in [0.2, 0.25) is 0 Å². The summed E-state index contributed by atoms with van der Waals surface area (Å²) in [4.78, 5) is 12.6. The van der Waals surface area contributed by atoms with Crippen molar-refractivity contribution in [1.29, 1.82) is 0 Å². The van der Waals surface area contributed by atoms with E-state index in [1.165, 1.54) is 0 Å². The Labute approximate surface area is 115 Å². The highest BCUT2D eigenvalue weighted by molar-refractivity contribution is 7.98. The fraction of sp³-hybridized carbons (Fsp3) is 0.417. The number of aliphatic hydroxyl groups excluding tert-OH is 1. The molecular formula is C12H17N5OS. The van der Waals surface area contributed by atoms with Crippen LogP contribution in [0.4, 0.5) is 11.8 Å². The predicted molar refractivity (Wildman–Crippen MR) is 79.2 cm³/mol. The average Bonchev–Trinajstić information content (AvgIpc) is 2.43. The van der Waals surface area contributed by atoms with Gasteiger partial charge < -0.3 is 16.2 Å². The average molecular weight is 279 g/mol. The Morgan fingerprint density at radius 2 is 2.32 bits per heavy atom. The Hall–Kier alpha value is -1.60. The van der Waals surface area contributed by atoms with Gasteiger partial charge in [0.25, 0.3) is 0 Å². The molecule has 2 rings (SSSR count). The van der Waals surface area contributed by atoms with Crippen molar-refractivity contribution in [3.63, 3.8) is 0 Å². The van der Waals surface area contributed by atoms with E-state index in [4.69, 9.17) is 5.73 Å². The van der Waals surface area contributed by atoms with Crippen molar-refractivity contribution in [2.75, 3.05) is 29.7 Å². The van der Waals surface area contributed by atoms with Crippen molar-refractivity contribution >= 4 is 34.6 Å². The molecule has 0 aliphatic carbocycles. The summed E-state index contributed by atoms with van der Waals surface area (Å²) in [5.74, 6) is 1.73. The molecule has 7 heteroatoms. The summed E-state index contributed by atoms with van der Waals surface area (Å²) in [6.45, 7) is 0.0405. The second-order valence-electron chi connectivity index (χ2n) is 4.11. The fourth-order valence-corrected chi connectivity index (χ4v) is 2.27. The third kappa shape index (κ3) is 3.45. The van der Waals surface area contributed by atoms with Gasteiger partial charge in [0.15, 0.2) is 5.82 Å². The van der Waals surface area contributed by atoms with Gasteiger partial charge in [-0.2, -0.15) is 16.7 Å². The zero-order valence-electron chi connectivity index (χ0n) is 10.7. The van der Waals surface area contributed by atoms with E-state index in [0.29, 0.717) is 16.9 Å². The summed E-state index contributed by atoms with van der Waals surface area (Å²) >= 11 is 1.74. The number of nitrogens with two attached hydrogens (primary N) is 1. The van der Waals surface area contributed by atoms with Crippen LogP contribution in [0.1, 0.15) is 6.42 Å². The molecule has 0 aliphatic rings. The molecular weight excluding hydrogens is 262 g/mol. The molecule has 0 spiro atoms. The van der Waals surface area contributed by atoms with Crippen molar-refractivity contribution in [1.82, 2.24) is 15.0 Å². The van der Waals surface area contributed by atoms with Crippen molar-refractivity contribution in [2.24, 2.45) is 0 Å². The van der Waals surface area contributed by atoms with Crippen LogP contribution < -0.4 is 11.1 Å². The van der Waals surface area contributed by atoms with Crippen LogP contribution in [0.15, 0.2) is 18.3 Å². The molecule has 0 amide bonds. The van der Waals surface area contributed by atoms with E-state index in [1.54, 1.807) is 24.0 Å². The number of fused-ring (bicyclic) bond motifs is 1. The van der Waals surface area contributed by atoms with Gasteiger partial charge in [0, 0.05) is 6.20 Å². The van der Waals surface area contributed by atoms with E-state index in [9.17, 15) is 5.11 Å². The Morgan fingerprint density at radius 1 is 1.47 bits per heavy atom. The van der Waals surface area contributed by atoms with E-state index in [2.05, 4.69) is 20.3 Å². The topological polar surface area (TPSA) is 97.0 Å². The number of nitrogens with one attached hydrogen (secondary N) is 1. The molecule has 2 aromatic heterocycles. The van der Waals surface area contributed by atoms with Gasteiger partial charge in [-0.15, -0.1) is 0 Å². The normalized spacial score (nSPS) is 12.5. The van der Waals surface area contributed by atoms with Gasteiger partial charge in [-0.3, -0.25) is 4.98 Å². The highest BCUT2D eigenvalue weighted by Gasteiger charge is 2.12. The van der Waals surface area contributed by atoms with Gasteiger partial charge in [0.05, 0.1) is 18.2 Å². The largest absolute Gasteiger partial charge is 0.394 e. The first-order chi connectivity index (χ1) is 9.24. The maximum Gasteiger partial charge on any atom is 0.222 e. The van der Waals surface area contributed by atoms with Crippen molar-refractivity contribution < 1.29 is 5.11 Å². The summed E-state index contributed by atoms with van der Waals surface area (Å²) in [6, 6.07) is 3.57. The highest BCUT2D eigenvalue weighted by Crippen LogP contribution is 2.19. The third-order valence-corrected chi connectivity index (χ3v) is 3.35. The molecule has 0 bridgehead atoms. The van der Waals surface area contributed by atoms with Gasteiger partial charge in [-0.25, -0.2) is 4.98 Å². The van der Waals surface area contributed by atoms with Gasteiger partial charge in [-0.05, 0) is 30.6 Å². The Bertz CT molecular complexity index is 551. The summed E-state index contributed by atoms with van der Waals surface area (Å²) in [5.41, 5.74) is 7.04. The fourth-order valence-electron chi connectivity index (χ4n) is 1.75. The van der Waals surface area contributed by atoms with E-state index in [1.807, 2.05) is 12.3 Å².